The van der Waals surface area contributed by atoms with Gasteiger partial charge in [-0.05, 0) is 72.1 Å². The lowest BCUT2D eigenvalue weighted by Gasteiger charge is -2.34. The van der Waals surface area contributed by atoms with E-state index in [1.165, 1.54) is 6.07 Å². The van der Waals surface area contributed by atoms with Gasteiger partial charge in [0.25, 0.3) is 5.91 Å². The van der Waals surface area contributed by atoms with Gasteiger partial charge in [-0.15, -0.1) is 0 Å². The van der Waals surface area contributed by atoms with Gasteiger partial charge in [0.15, 0.2) is 0 Å². The quantitative estimate of drug-likeness (QED) is 0.329. The number of fused-ring (bicyclic) bond motifs is 1. The van der Waals surface area contributed by atoms with Crippen LogP contribution >= 0.6 is 0 Å². The molecular weight excluding hydrogens is 491 g/mol. The van der Waals surface area contributed by atoms with E-state index < -0.39 is 17.6 Å². The molecule has 38 heavy (non-hydrogen) atoms. The summed E-state index contributed by atoms with van der Waals surface area (Å²) in [6.07, 6.45) is -2.77. The number of hydrogen-bond acceptors (Lipinski definition) is 4. The van der Waals surface area contributed by atoms with Crippen LogP contribution < -0.4 is 5.32 Å². The third kappa shape index (κ3) is 5.74. The lowest BCUT2D eigenvalue weighted by atomic mass is 9.97. The number of carbonyl (C=O) groups excluding carboxylic acids is 1. The number of piperazine rings is 1. The fraction of sp³-hybridized carbons (Fsp3) is 0.310. The summed E-state index contributed by atoms with van der Waals surface area (Å²) in [6, 6.07) is 15.0. The molecule has 0 unspecified atom stereocenters. The summed E-state index contributed by atoms with van der Waals surface area (Å²) < 4.78 is 41.1. The average Bonchev–Trinajstić information content (AvgIpc) is 3.37. The maximum atomic E-state index is 13.7. The number of anilines is 1. The Morgan fingerprint density at radius 3 is 2.50 bits per heavy atom. The van der Waals surface area contributed by atoms with Gasteiger partial charge in [-0.25, -0.2) is 0 Å². The number of aromatic amines is 1. The lowest BCUT2D eigenvalue weighted by Crippen LogP contribution is -2.45. The molecule has 1 aliphatic heterocycles. The van der Waals surface area contributed by atoms with Crippen LogP contribution in [-0.2, 0) is 12.7 Å². The van der Waals surface area contributed by atoms with E-state index >= 15 is 0 Å². The van der Waals surface area contributed by atoms with Crippen LogP contribution in [0.25, 0.3) is 22.0 Å². The second-order valence-corrected chi connectivity index (χ2v) is 9.78. The van der Waals surface area contributed by atoms with Crippen molar-refractivity contribution in [1.29, 1.82) is 0 Å². The highest BCUT2D eigenvalue weighted by molar-refractivity contribution is 6.05. The van der Waals surface area contributed by atoms with Gasteiger partial charge in [0, 0.05) is 49.4 Å². The second-order valence-electron chi connectivity index (χ2n) is 9.78. The van der Waals surface area contributed by atoms with E-state index in [2.05, 4.69) is 32.2 Å². The van der Waals surface area contributed by atoms with E-state index in [1.54, 1.807) is 24.4 Å². The van der Waals surface area contributed by atoms with Crippen LogP contribution in [-0.4, -0.2) is 58.6 Å². The second kappa shape index (κ2) is 10.6. The van der Waals surface area contributed by atoms with Crippen LogP contribution in [0, 0.1) is 6.92 Å². The molecule has 1 amide bonds. The van der Waals surface area contributed by atoms with Crippen molar-refractivity contribution in [2.24, 2.45) is 0 Å². The Kier molecular flexibility index (Phi) is 7.23. The number of alkyl halides is 3. The van der Waals surface area contributed by atoms with Crippen LogP contribution in [0.1, 0.15) is 34.0 Å². The SMILES string of the molecule is CCN1CCN(Cc2cc(NC(=O)c3ccc(C)c(-c4ccc5cn[nH]c5c4)c3)cc(C(F)(F)F)c2)CC1. The van der Waals surface area contributed by atoms with Crippen molar-refractivity contribution in [3.8, 4) is 11.1 Å². The fourth-order valence-corrected chi connectivity index (χ4v) is 4.92. The Hall–Kier alpha value is -3.69. The minimum absolute atomic E-state index is 0.132. The molecule has 1 aliphatic rings. The molecule has 2 heterocycles. The standard InChI is InChI=1S/C29H30F3N5O/c1-3-36-8-10-37(11-9-36)18-20-12-24(29(30,31)32)16-25(13-20)34-28(38)22-5-4-19(2)26(14-22)21-6-7-23-17-33-35-27(23)15-21/h4-7,12-17H,3,8-11,18H2,1-2H3,(H,33,35)(H,34,38). The molecule has 1 aromatic heterocycles. The summed E-state index contributed by atoms with van der Waals surface area (Å²) in [7, 11) is 0. The molecule has 0 atom stereocenters. The molecule has 4 aromatic rings. The summed E-state index contributed by atoms with van der Waals surface area (Å²) in [5.41, 5.74) is 3.89. The molecule has 1 saturated heterocycles. The van der Waals surface area contributed by atoms with Crippen LogP contribution in [0.3, 0.4) is 0 Å². The first-order valence-corrected chi connectivity index (χ1v) is 12.7. The van der Waals surface area contributed by atoms with Crippen molar-refractivity contribution < 1.29 is 18.0 Å². The van der Waals surface area contributed by atoms with Crippen molar-refractivity contribution in [3.63, 3.8) is 0 Å². The van der Waals surface area contributed by atoms with Crippen LogP contribution in [0.15, 0.2) is 60.8 Å². The van der Waals surface area contributed by atoms with Crippen LogP contribution in [0.4, 0.5) is 18.9 Å². The van der Waals surface area contributed by atoms with Gasteiger partial charge in [-0.2, -0.15) is 18.3 Å². The van der Waals surface area contributed by atoms with E-state index in [1.807, 2.05) is 31.2 Å². The smallest absolute Gasteiger partial charge is 0.322 e. The zero-order valence-electron chi connectivity index (χ0n) is 21.4. The van der Waals surface area contributed by atoms with Crippen molar-refractivity contribution in [1.82, 2.24) is 20.0 Å². The summed E-state index contributed by atoms with van der Waals surface area (Å²) >= 11 is 0. The number of benzene rings is 3. The molecule has 198 valence electrons. The zero-order chi connectivity index (χ0) is 26.9. The Labute approximate surface area is 219 Å². The zero-order valence-corrected chi connectivity index (χ0v) is 21.4. The minimum atomic E-state index is -4.52. The molecule has 0 aliphatic carbocycles. The first-order chi connectivity index (χ1) is 18.2. The Bertz CT molecular complexity index is 1450. The lowest BCUT2D eigenvalue weighted by molar-refractivity contribution is -0.137. The van der Waals surface area contributed by atoms with Gasteiger partial charge >= 0.3 is 6.18 Å². The van der Waals surface area contributed by atoms with Gasteiger partial charge in [-0.3, -0.25) is 14.8 Å². The number of H-pyrrole nitrogens is 1. The van der Waals surface area contributed by atoms with E-state index in [-0.39, 0.29) is 5.69 Å². The van der Waals surface area contributed by atoms with Gasteiger partial charge in [0.1, 0.15) is 0 Å². The van der Waals surface area contributed by atoms with E-state index in [4.69, 9.17) is 0 Å². The van der Waals surface area contributed by atoms with Crippen molar-refractivity contribution >= 4 is 22.5 Å². The van der Waals surface area contributed by atoms with Gasteiger partial charge in [0.2, 0.25) is 0 Å². The number of halogens is 3. The third-order valence-corrected chi connectivity index (χ3v) is 7.15. The van der Waals surface area contributed by atoms with E-state index in [0.717, 1.165) is 66.4 Å². The number of nitrogens with one attached hydrogen (secondary N) is 2. The topological polar surface area (TPSA) is 64.3 Å². The minimum Gasteiger partial charge on any atom is -0.322 e. The number of likely N-dealkylation sites (N-methyl/N-ethyl adjacent to an activating group) is 1. The van der Waals surface area contributed by atoms with Gasteiger partial charge in [-0.1, -0.05) is 25.1 Å². The average molecular weight is 522 g/mol. The van der Waals surface area contributed by atoms with Crippen molar-refractivity contribution in [3.05, 3.63) is 83.0 Å². The molecule has 6 nitrogen and oxygen atoms in total. The Morgan fingerprint density at radius 2 is 1.76 bits per heavy atom. The van der Waals surface area contributed by atoms with Crippen molar-refractivity contribution in [2.45, 2.75) is 26.6 Å². The molecule has 0 saturated carbocycles. The first-order valence-electron chi connectivity index (χ1n) is 12.7. The third-order valence-electron chi connectivity index (χ3n) is 7.15. The Morgan fingerprint density at radius 1 is 1.00 bits per heavy atom. The monoisotopic (exact) mass is 521 g/mol. The van der Waals surface area contributed by atoms with Crippen LogP contribution in [0.5, 0.6) is 0 Å². The number of amides is 1. The molecular formula is C29H30F3N5O. The molecule has 0 radical (unpaired) electrons. The molecule has 5 rings (SSSR count). The van der Waals surface area contributed by atoms with Crippen LogP contribution in [0.2, 0.25) is 0 Å². The highest BCUT2D eigenvalue weighted by Gasteiger charge is 2.31. The summed E-state index contributed by atoms with van der Waals surface area (Å²) in [5.74, 6) is -0.462. The van der Waals surface area contributed by atoms with Gasteiger partial charge in [0.05, 0.1) is 17.3 Å². The summed E-state index contributed by atoms with van der Waals surface area (Å²) in [6.45, 7) is 8.79. The molecule has 1 fully saturated rings. The number of rotatable bonds is 6. The molecule has 2 N–H and O–H groups in total. The molecule has 9 heteroatoms. The first kappa shape index (κ1) is 25.9. The normalized spacial score (nSPS) is 15.2. The number of nitrogens with zero attached hydrogens (tertiary/aromatic N) is 3. The maximum absolute atomic E-state index is 13.7. The number of aromatic nitrogens is 2. The fourth-order valence-electron chi connectivity index (χ4n) is 4.92. The molecule has 0 bridgehead atoms. The molecule has 3 aromatic carbocycles. The maximum Gasteiger partial charge on any atom is 0.416 e. The largest absolute Gasteiger partial charge is 0.416 e. The number of carbonyl (C=O) groups is 1. The van der Waals surface area contributed by atoms with E-state index in [0.29, 0.717) is 17.7 Å². The predicted octanol–water partition coefficient (Wildman–Crippen LogP) is 5.95. The predicted molar refractivity (Wildman–Crippen MR) is 143 cm³/mol. The summed E-state index contributed by atoms with van der Waals surface area (Å²) in [5, 5.41) is 10.7. The highest BCUT2D eigenvalue weighted by atomic mass is 19.4. The number of aryl methyl sites for hydroxylation is 1. The van der Waals surface area contributed by atoms with Crippen molar-refractivity contribution in [2.75, 3.05) is 38.0 Å². The highest BCUT2D eigenvalue weighted by Crippen LogP contribution is 2.33. The summed E-state index contributed by atoms with van der Waals surface area (Å²) in [4.78, 5) is 17.7. The number of hydrogen-bond donors (Lipinski definition) is 2. The van der Waals surface area contributed by atoms with Gasteiger partial charge < -0.3 is 10.2 Å². The molecule has 0 spiro atoms. The Balaban J connectivity index is 1.39. The van der Waals surface area contributed by atoms with E-state index in [9.17, 15) is 18.0 Å².